The Hall–Kier alpha value is -4.24. The molecular formula is C27H19BrO8. The highest BCUT2D eigenvalue weighted by Crippen LogP contribution is 2.46. The van der Waals surface area contributed by atoms with Crippen molar-refractivity contribution in [3.63, 3.8) is 0 Å². The number of ether oxygens (including phenoxy) is 2. The van der Waals surface area contributed by atoms with Crippen LogP contribution in [0.25, 0.3) is 21.9 Å². The number of fused-ring (bicyclic) bond motifs is 2. The maximum Gasteiger partial charge on any atom is 0.344 e. The van der Waals surface area contributed by atoms with Crippen LogP contribution in [0.3, 0.4) is 0 Å². The minimum Gasteiger partial charge on any atom is -0.507 e. The summed E-state index contributed by atoms with van der Waals surface area (Å²) in [4.78, 5) is 26.6. The molecular weight excluding hydrogens is 532 g/mol. The van der Waals surface area contributed by atoms with Gasteiger partial charge in [-0.15, -0.1) is 0 Å². The molecule has 0 spiro atoms. The topological polar surface area (TPSA) is 119 Å². The van der Waals surface area contributed by atoms with Crippen LogP contribution in [0, 0.1) is 0 Å². The number of hydrogen-bond acceptors (Lipinski definition) is 8. The summed E-state index contributed by atoms with van der Waals surface area (Å²) in [6, 6.07) is 16.1. The number of benzene rings is 3. The molecule has 8 nitrogen and oxygen atoms in total. The molecule has 0 aliphatic rings. The smallest absolute Gasteiger partial charge is 0.344 e. The first-order valence-electron chi connectivity index (χ1n) is 10.8. The molecule has 2 aromatic heterocycles. The Kier molecular flexibility index (Phi) is 5.93. The van der Waals surface area contributed by atoms with Crippen LogP contribution in [0.5, 0.6) is 23.0 Å². The molecule has 0 unspecified atom stereocenters. The SMILES string of the molecule is COc1cc(Br)c(C(c2c(O)c3ccccc3oc2=O)c2c(O)c3ccccc3oc2=O)cc1OC. The van der Waals surface area contributed by atoms with Crippen LogP contribution in [0.4, 0.5) is 0 Å². The molecule has 3 aromatic carbocycles. The van der Waals surface area contributed by atoms with E-state index in [4.69, 9.17) is 18.3 Å². The number of para-hydroxylation sites is 2. The van der Waals surface area contributed by atoms with E-state index in [-0.39, 0.29) is 44.6 Å². The molecule has 2 N–H and O–H groups in total. The first-order chi connectivity index (χ1) is 17.3. The number of rotatable bonds is 5. The van der Waals surface area contributed by atoms with Gasteiger partial charge in [0.15, 0.2) is 11.5 Å². The van der Waals surface area contributed by atoms with E-state index in [1.54, 1.807) is 60.7 Å². The lowest BCUT2D eigenvalue weighted by Gasteiger charge is -2.22. The van der Waals surface area contributed by atoms with Crippen LogP contribution in [-0.4, -0.2) is 24.4 Å². The third-order valence-corrected chi connectivity index (χ3v) is 6.72. The molecule has 0 aliphatic carbocycles. The lowest BCUT2D eigenvalue weighted by Crippen LogP contribution is -2.21. The molecule has 5 rings (SSSR count). The van der Waals surface area contributed by atoms with Crippen molar-refractivity contribution >= 4 is 37.9 Å². The number of methoxy groups -OCH3 is 2. The second kappa shape index (κ2) is 9.09. The summed E-state index contributed by atoms with van der Waals surface area (Å²) < 4.78 is 22.2. The molecule has 2 heterocycles. The number of halogens is 1. The van der Waals surface area contributed by atoms with Crippen LogP contribution >= 0.6 is 15.9 Å². The van der Waals surface area contributed by atoms with E-state index in [1.165, 1.54) is 14.2 Å². The highest BCUT2D eigenvalue weighted by atomic mass is 79.9. The second-order valence-corrected chi connectivity index (χ2v) is 8.81. The summed E-state index contributed by atoms with van der Waals surface area (Å²) in [5, 5.41) is 23.1. The summed E-state index contributed by atoms with van der Waals surface area (Å²) >= 11 is 3.48. The van der Waals surface area contributed by atoms with Crippen molar-refractivity contribution in [2.45, 2.75) is 5.92 Å². The van der Waals surface area contributed by atoms with Gasteiger partial charge in [0, 0.05) is 4.47 Å². The fraction of sp³-hybridized carbons (Fsp3) is 0.111. The Morgan fingerprint density at radius 1 is 0.750 bits per heavy atom. The van der Waals surface area contributed by atoms with Gasteiger partial charge in [-0.25, -0.2) is 9.59 Å². The van der Waals surface area contributed by atoms with E-state index in [0.717, 1.165) is 0 Å². The number of aromatic hydroxyl groups is 2. The van der Waals surface area contributed by atoms with E-state index < -0.39 is 17.2 Å². The monoisotopic (exact) mass is 550 g/mol. The number of hydrogen-bond donors (Lipinski definition) is 2. The van der Waals surface area contributed by atoms with Crippen molar-refractivity contribution in [2.75, 3.05) is 14.2 Å². The maximum absolute atomic E-state index is 13.3. The molecule has 0 atom stereocenters. The minimum atomic E-state index is -1.30. The zero-order valence-electron chi connectivity index (χ0n) is 19.1. The Morgan fingerprint density at radius 2 is 1.19 bits per heavy atom. The normalized spacial score (nSPS) is 11.3. The van der Waals surface area contributed by atoms with Gasteiger partial charge in [-0.1, -0.05) is 40.2 Å². The van der Waals surface area contributed by atoms with Crippen molar-refractivity contribution in [2.24, 2.45) is 0 Å². The van der Waals surface area contributed by atoms with E-state index in [2.05, 4.69) is 15.9 Å². The second-order valence-electron chi connectivity index (χ2n) is 7.96. The lowest BCUT2D eigenvalue weighted by atomic mass is 9.84. The summed E-state index contributed by atoms with van der Waals surface area (Å²) in [6.07, 6.45) is 0. The van der Waals surface area contributed by atoms with Crippen LogP contribution in [0.15, 0.2) is 83.6 Å². The molecule has 36 heavy (non-hydrogen) atoms. The molecule has 0 amide bonds. The van der Waals surface area contributed by atoms with Crippen LogP contribution in [0.2, 0.25) is 0 Å². The molecule has 0 radical (unpaired) electrons. The third-order valence-electron chi connectivity index (χ3n) is 6.03. The molecule has 182 valence electrons. The standard InChI is InChI=1S/C27H19BrO8/c1-33-19-11-15(16(28)12-20(19)34-2)21(22-24(29)13-7-3-5-9-17(13)35-26(22)31)23-25(30)14-8-4-6-10-18(14)36-27(23)32/h3-12,21,29-30H,1-2H3. The van der Waals surface area contributed by atoms with E-state index in [1.807, 2.05) is 0 Å². The Labute approximate surface area is 212 Å². The van der Waals surface area contributed by atoms with Crippen molar-refractivity contribution < 1.29 is 28.5 Å². The van der Waals surface area contributed by atoms with E-state index >= 15 is 0 Å². The van der Waals surface area contributed by atoms with Crippen molar-refractivity contribution in [1.82, 2.24) is 0 Å². The first kappa shape index (κ1) is 23.5. The van der Waals surface area contributed by atoms with Gasteiger partial charge in [0.05, 0.1) is 42.0 Å². The zero-order valence-corrected chi connectivity index (χ0v) is 20.7. The first-order valence-corrected chi connectivity index (χ1v) is 11.6. The maximum atomic E-state index is 13.3. The fourth-order valence-corrected chi connectivity index (χ4v) is 4.90. The highest BCUT2D eigenvalue weighted by molar-refractivity contribution is 9.10. The molecule has 0 saturated heterocycles. The predicted molar refractivity (Wildman–Crippen MR) is 136 cm³/mol. The highest BCUT2D eigenvalue weighted by Gasteiger charge is 2.34. The van der Waals surface area contributed by atoms with E-state index in [9.17, 15) is 19.8 Å². The van der Waals surface area contributed by atoms with Gasteiger partial charge >= 0.3 is 11.3 Å². The Balaban J connectivity index is 1.94. The molecule has 5 aromatic rings. The van der Waals surface area contributed by atoms with Crippen LogP contribution in [0.1, 0.15) is 22.6 Å². The van der Waals surface area contributed by atoms with Gasteiger partial charge < -0.3 is 28.5 Å². The lowest BCUT2D eigenvalue weighted by molar-refractivity contribution is 0.354. The van der Waals surface area contributed by atoms with Crippen LogP contribution in [-0.2, 0) is 0 Å². The quantitative estimate of drug-likeness (QED) is 0.284. The summed E-state index contributed by atoms with van der Waals surface area (Å²) in [5.74, 6) is -1.40. The third kappa shape index (κ3) is 3.68. The Bertz CT molecular complexity index is 1650. The zero-order chi connectivity index (χ0) is 25.6. The molecule has 0 fully saturated rings. The summed E-state index contributed by atoms with van der Waals surface area (Å²) in [5.41, 5.74) is -1.61. The van der Waals surface area contributed by atoms with Gasteiger partial charge in [0.2, 0.25) is 0 Å². The molecule has 9 heteroatoms. The summed E-state index contributed by atoms with van der Waals surface area (Å²) in [7, 11) is 2.91. The molecule has 0 saturated carbocycles. The Morgan fingerprint density at radius 3 is 1.67 bits per heavy atom. The largest absolute Gasteiger partial charge is 0.507 e. The van der Waals surface area contributed by atoms with Crippen LogP contribution < -0.4 is 20.7 Å². The van der Waals surface area contributed by atoms with Gasteiger partial charge in [0.25, 0.3) is 0 Å². The average Bonchev–Trinajstić information content (AvgIpc) is 2.87. The van der Waals surface area contributed by atoms with Crippen molar-refractivity contribution in [3.8, 4) is 23.0 Å². The van der Waals surface area contributed by atoms with Gasteiger partial charge in [-0.3, -0.25) is 0 Å². The minimum absolute atomic E-state index is 0.170. The van der Waals surface area contributed by atoms with Gasteiger partial charge in [0.1, 0.15) is 22.7 Å². The average molecular weight is 551 g/mol. The van der Waals surface area contributed by atoms with Gasteiger partial charge in [-0.2, -0.15) is 0 Å². The van der Waals surface area contributed by atoms with E-state index in [0.29, 0.717) is 21.5 Å². The van der Waals surface area contributed by atoms with Crippen molar-refractivity contribution in [3.05, 3.63) is 103 Å². The fourth-order valence-electron chi connectivity index (χ4n) is 4.35. The molecule has 0 bridgehead atoms. The summed E-state index contributed by atoms with van der Waals surface area (Å²) in [6.45, 7) is 0. The van der Waals surface area contributed by atoms with Crippen molar-refractivity contribution in [1.29, 1.82) is 0 Å². The molecule has 0 aliphatic heterocycles. The van der Waals surface area contributed by atoms with Gasteiger partial charge in [-0.05, 0) is 42.0 Å². The predicted octanol–water partition coefficient (Wildman–Crippen LogP) is 5.27.